The summed E-state index contributed by atoms with van der Waals surface area (Å²) in [5.74, 6) is 1.51. The smallest absolute Gasteiger partial charge is 0.231 e. The first-order valence-corrected chi connectivity index (χ1v) is 9.03. The second-order valence-electron chi connectivity index (χ2n) is 7.06. The Morgan fingerprint density at radius 3 is 2.88 bits per heavy atom. The van der Waals surface area contributed by atoms with E-state index in [0.29, 0.717) is 32.4 Å². The maximum absolute atomic E-state index is 12.5. The average Bonchev–Trinajstić information content (AvgIpc) is 3.09. The average molecular weight is 349 g/mol. The molecule has 0 bridgehead atoms. The molecule has 1 aromatic rings. The quantitative estimate of drug-likeness (QED) is 0.817. The van der Waals surface area contributed by atoms with Gasteiger partial charge < -0.3 is 24.6 Å². The number of benzene rings is 1. The van der Waals surface area contributed by atoms with Crippen LogP contribution in [0.3, 0.4) is 0 Å². The molecule has 6 nitrogen and oxygen atoms in total. The number of ether oxygens (including phenoxy) is 2. The number of hydrogen-bond donors (Lipinski definition) is 2. The first kappa shape index (κ1) is 18.0. The summed E-state index contributed by atoms with van der Waals surface area (Å²) < 4.78 is 10.7. The van der Waals surface area contributed by atoms with Crippen LogP contribution >= 0.6 is 0 Å². The van der Waals surface area contributed by atoms with Gasteiger partial charge in [-0.15, -0.1) is 0 Å². The zero-order valence-corrected chi connectivity index (χ0v) is 14.7. The van der Waals surface area contributed by atoms with Gasteiger partial charge in [-0.1, -0.05) is 19.4 Å². The Kier molecular flexibility index (Phi) is 5.49. The van der Waals surface area contributed by atoms with Gasteiger partial charge in [-0.2, -0.15) is 0 Å². The molecule has 2 aliphatic heterocycles. The van der Waals surface area contributed by atoms with E-state index in [-0.39, 0.29) is 19.3 Å². The lowest BCUT2D eigenvalue weighted by atomic mass is 9.73. The van der Waals surface area contributed by atoms with Crippen molar-refractivity contribution in [1.82, 2.24) is 4.90 Å². The monoisotopic (exact) mass is 349 g/mol. The summed E-state index contributed by atoms with van der Waals surface area (Å²) in [7, 11) is 0. The van der Waals surface area contributed by atoms with E-state index >= 15 is 0 Å². The van der Waals surface area contributed by atoms with Gasteiger partial charge in [0, 0.05) is 24.9 Å². The summed E-state index contributed by atoms with van der Waals surface area (Å²) in [6, 6.07) is 5.73. The minimum atomic E-state index is -0.666. The molecular formula is C19H27NO5. The second-order valence-corrected chi connectivity index (χ2v) is 7.06. The Morgan fingerprint density at radius 1 is 1.36 bits per heavy atom. The number of aryl methyl sites for hydroxylation is 1. The number of piperidine rings is 1. The van der Waals surface area contributed by atoms with Crippen molar-refractivity contribution in [2.75, 3.05) is 26.5 Å². The Hall–Kier alpha value is -1.79. The highest BCUT2D eigenvalue weighted by Gasteiger charge is 2.42. The Balaban J connectivity index is 1.54. The molecule has 0 aliphatic carbocycles. The molecule has 25 heavy (non-hydrogen) atoms. The number of carbonyl (C=O) groups excluding carboxylic acids is 1. The Morgan fingerprint density at radius 2 is 2.16 bits per heavy atom. The van der Waals surface area contributed by atoms with Crippen LogP contribution in [0.1, 0.15) is 38.2 Å². The third kappa shape index (κ3) is 3.75. The zero-order chi connectivity index (χ0) is 17.9. The number of carbonyl (C=O) groups is 1. The van der Waals surface area contributed by atoms with Crippen LogP contribution in [0.5, 0.6) is 11.5 Å². The maximum Gasteiger partial charge on any atom is 0.231 e. The Bertz CT molecular complexity index is 620. The van der Waals surface area contributed by atoms with Crippen LogP contribution in [-0.4, -0.2) is 53.6 Å². The number of aliphatic hydroxyl groups is 2. The SMILES string of the molecule is CCC[C@]1(CO)CCN(C(=O)CCc2ccc3c(c2)OCO3)C[C@H]1O. The van der Waals surface area contributed by atoms with E-state index in [9.17, 15) is 15.0 Å². The molecule has 1 amide bonds. The van der Waals surface area contributed by atoms with Crippen molar-refractivity contribution in [3.8, 4) is 11.5 Å². The van der Waals surface area contributed by atoms with Crippen LogP contribution in [0, 0.1) is 5.41 Å². The van der Waals surface area contributed by atoms with E-state index in [1.54, 1.807) is 4.90 Å². The molecule has 0 aromatic heterocycles. The fourth-order valence-corrected chi connectivity index (χ4v) is 3.80. The molecule has 1 saturated heterocycles. The molecule has 0 spiro atoms. The van der Waals surface area contributed by atoms with Gasteiger partial charge in [0.25, 0.3) is 0 Å². The van der Waals surface area contributed by atoms with Crippen molar-refractivity contribution in [1.29, 1.82) is 0 Å². The molecule has 0 unspecified atom stereocenters. The highest BCUT2D eigenvalue weighted by molar-refractivity contribution is 5.76. The van der Waals surface area contributed by atoms with E-state index in [1.807, 2.05) is 25.1 Å². The van der Waals surface area contributed by atoms with Gasteiger partial charge in [0.2, 0.25) is 12.7 Å². The number of likely N-dealkylation sites (tertiary alicyclic amines) is 1. The number of nitrogens with zero attached hydrogens (tertiary/aromatic N) is 1. The normalized spacial score (nSPS) is 25.2. The standard InChI is InChI=1S/C19H27NO5/c1-2-7-19(12-21)8-9-20(11-17(19)22)18(23)6-4-14-3-5-15-16(10-14)25-13-24-15/h3,5,10,17,21-22H,2,4,6-9,11-13H2,1H3/t17-,19-/m1/s1. The lowest BCUT2D eigenvalue weighted by Crippen LogP contribution is -2.54. The summed E-state index contributed by atoms with van der Waals surface area (Å²) in [4.78, 5) is 14.2. The van der Waals surface area contributed by atoms with Gasteiger partial charge in [-0.3, -0.25) is 4.79 Å². The molecule has 6 heteroatoms. The van der Waals surface area contributed by atoms with Gasteiger partial charge in [0.05, 0.1) is 12.7 Å². The molecule has 3 rings (SSSR count). The van der Waals surface area contributed by atoms with Crippen LogP contribution in [0.25, 0.3) is 0 Å². The molecule has 138 valence electrons. The first-order valence-electron chi connectivity index (χ1n) is 9.03. The topological polar surface area (TPSA) is 79.2 Å². The minimum Gasteiger partial charge on any atom is -0.454 e. The number of β-amino-alcohol motifs (C(OH)–C–C–N with tert-alkyl or cyclic N) is 1. The van der Waals surface area contributed by atoms with Crippen LogP contribution in [0.15, 0.2) is 18.2 Å². The molecule has 1 fully saturated rings. The third-order valence-corrected chi connectivity index (χ3v) is 5.46. The fraction of sp³-hybridized carbons (Fsp3) is 0.632. The van der Waals surface area contributed by atoms with Crippen molar-refractivity contribution in [2.24, 2.45) is 5.41 Å². The first-order chi connectivity index (χ1) is 12.1. The molecular weight excluding hydrogens is 322 g/mol. The fourth-order valence-electron chi connectivity index (χ4n) is 3.80. The number of hydrogen-bond acceptors (Lipinski definition) is 5. The molecule has 0 radical (unpaired) electrons. The van der Waals surface area contributed by atoms with Gasteiger partial charge in [-0.25, -0.2) is 0 Å². The van der Waals surface area contributed by atoms with Gasteiger partial charge in [0.15, 0.2) is 11.5 Å². The minimum absolute atomic E-state index is 0.0266. The van der Waals surface area contributed by atoms with Gasteiger partial charge in [-0.05, 0) is 37.0 Å². The van der Waals surface area contributed by atoms with Gasteiger partial charge in [0.1, 0.15) is 0 Å². The number of fused-ring (bicyclic) bond motifs is 1. The summed E-state index contributed by atoms with van der Waals surface area (Å²) >= 11 is 0. The molecule has 2 atom stereocenters. The van der Waals surface area contributed by atoms with Crippen molar-refractivity contribution in [2.45, 2.75) is 45.1 Å². The highest BCUT2D eigenvalue weighted by atomic mass is 16.7. The lowest BCUT2D eigenvalue weighted by molar-refractivity contribution is -0.142. The predicted octanol–water partition coefficient (Wildman–Crippen LogP) is 1.72. The van der Waals surface area contributed by atoms with E-state index < -0.39 is 11.5 Å². The second kappa shape index (κ2) is 7.62. The summed E-state index contributed by atoms with van der Waals surface area (Å²) in [5.41, 5.74) is 0.578. The maximum atomic E-state index is 12.5. The van der Waals surface area contributed by atoms with Crippen LogP contribution < -0.4 is 9.47 Å². The lowest BCUT2D eigenvalue weighted by Gasteiger charge is -2.44. The number of amides is 1. The van der Waals surface area contributed by atoms with Crippen molar-refractivity contribution in [3.63, 3.8) is 0 Å². The third-order valence-electron chi connectivity index (χ3n) is 5.46. The van der Waals surface area contributed by atoms with E-state index in [2.05, 4.69) is 0 Å². The van der Waals surface area contributed by atoms with Crippen molar-refractivity contribution >= 4 is 5.91 Å². The van der Waals surface area contributed by atoms with Gasteiger partial charge >= 0.3 is 0 Å². The summed E-state index contributed by atoms with van der Waals surface area (Å²) in [6.45, 7) is 3.17. The summed E-state index contributed by atoms with van der Waals surface area (Å²) in [6.07, 6.45) is 2.70. The number of aliphatic hydroxyl groups excluding tert-OH is 2. The molecule has 2 heterocycles. The van der Waals surface area contributed by atoms with Crippen LogP contribution in [0.2, 0.25) is 0 Å². The molecule has 0 saturated carbocycles. The summed E-state index contributed by atoms with van der Waals surface area (Å²) in [5, 5.41) is 20.2. The molecule has 2 aliphatic rings. The van der Waals surface area contributed by atoms with Crippen molar-refractivity contribution < 1.29 is 24.5 Å². The molecule has 1 aromatic carbocycles. The van der Waals surface area contributed by atoms with E-state index in [4.69, 9.17) is 9.47 Å². The molecule has 2 N–H and O–H groups in total. The highest BCUT2D eigenvalue weighted by Crippen LogP contribution is 2.36. The van der Waals surface area contributed by atoms with Crippen LogP contribution in [0.4, 0.5) is 0 Å². The van der Waals surface area contributed by atoms with Crippen molar-refractivity contribution in [3.05, 3.63) is 23.8 Å². The largest absolute Gasteiger partial charge is 0.454 e. The van der Waals surface area contributed by atoms with E-state index in [0.717, 1.165) is 29.9 Å². The van der Waals surface area contributed by atoms with E-state index in [1.165, 1.54) is 0 Å². The number of rotatable bonds is 6. The zero-order valence-electron chi connectivity index (χ0n) is 14.7. The van der Waals surface area contributed by atoms with Crippen LogP contribution in [-0.2, 0) is 11.2 Å². The Labute approximate surface area is 148 Å². The predicted molar refractivity (Wildman–Crippen MR) is 92.5 cm³/mol.